The Morgan fingerprint density at radius 1 is 1.21 bits per heavy atom. The molecule has 0 aliphatic carbocycles. The van der Waals surface area contributed by atoms with E-state index in [1.165, 1.54) is 54.7 Å². The summed E-state index contributed by atoms with van der Waals surface area (Å²) in [5.41, 5.74) is 1.79. The fraction of sp³-hybridized carbons (Fsp3) is 0.182. The highest BCUT2D eigenvalue weighted by Crippen LogP contribution is 2.22. The molecular weight excluding hydrogens is 448 g/mol. The lowest BCUT2D eigenvalue weighted by Crippen LogP contribution is -2.22. The molecule has 2 amide bonds. The van der Waals surface area contributed by atoms with E-state index in [1.807, 2.05) is 0 Å². The zero-order chi connectivity index (χ0) is 24.0. The van der Waals surface area contributed by atoms with Crippen LogP contribution in [0.15, 0.2) is 53.5 Å². The van der Waals surface area contributed by atoms with Crippen LogP contribution < -0.4 is 10.1 Å². The molecule has 0 radical (unpaired) electrons. The lowest BCUT2D eigenvalue weighted by atomic mass is 10.2. The zero-order valence-electron chi connectivity index (χ0n) is 17.8. The third-order valence-electron chi connectivity index (χ3n) is 4.32. The van der Waals surface area contributed by atoms with Crippen molar-refractivity contribution in [1.82, 2.24) is 4.57 Å². The highest BCUT2D eigenvalue weighted by molar-refractivity contribution is 7.16. The van der Waals surface area contributed by atoms with Crippen molar-refractivity contribution in [3.05, 3.63) is 69.0 Å². The average molecular weight is 468 g/mol. The molecule has 0 spiro atoms. The largest absolute Gasteiger partial charge is 0.465 e. The van der Waals surface area contributed by atoms with Crippen LogP contribution in [0.2, 0.25) is 0 Å². The van der Waals surface area contributed by atoms with E-state index >= 15 is 0 Å². The van der Waals surface area contributed by atoms with Gasteiger partial charge in [-0.05, 0) is 48.9 Å². The van der Waals surface area contributed by atoms with Crippen molar-refractivity contribution in [3.8, 4) is 0 Å². The molecule has 3 aromatic rings. The average Bonchev–Trinajstić information content (AvgIpc) is 3.08. The number of non-ortho nitro benzene ring substituents is 1. The Kier molecular flexibility index (Phi) is 7.46. The minimum absolute atomic E-state index is 0.0490. The number of nitrogens with zero attached hydrogens (tertiary/aromatic N) is 3. The number of carbonyl (C=O) groups excluding carboxylic acids is 3. The number of hydrogen-bond donors (Lipinski definition) is 1. The number of fused-ring (bicyclic) bond motifs is 1. The third kappa shape index (κ3) is 6.20. The molecule has 0 unspecified atom stereocenters. The normalized spacial score (nSPS) is 11.6. The number of esters is 1. The molecule has 0 fully saturated rings. The number of thiazole rings is 1. The summed E-state index contributed by atoms with van der Waals surface area (Å²) in [7, 11) is 0. The monoisotopic (exact) mass is 468 g/mol. The van der Waals surface area contributed by atoms with Crippen LogP contribution in [0.1, 0.15) is 19.4 Å². The van der Waals surface area contributed by atoms with E-state index in [4.69, 9.17) is 4.74 Å². The summed E-state index contributed by atoms with van der Waals surface area (Å²) in [5, 5.41) is 13.4. The van der Waals surface area contributed by atoms with Crippen molar-refractivity contribution < 1.29 is 24.0 Å². The second kappa shape index (κ2) is 10.5. The SMILES string of the molecule is CCOC(=O)Cn1c(=NC(=O)/C=C\c2ccc([N+](=O)[O-])cc2)sc2cc(NC(C)=O)ccc21. The second-order valence-corrected chi connectivity index (χ2v) is 7.78. The van der Waals surface area contributed by atoms with Crippen molar-refractivity contribution in [1.29, 1.82) is 0 Å². The molecule has 0 aliphatic heterocycles. The van der Waals surface area contributed by atoms with E-state index in [0.717, 1.165) is 4.70 Å². The first kappa shape index (κ1) is 23.5. The number of rotatable bonds is 7. The number of hydrogen-bond acceptors (Lipinski definition) is 7. The molecule has 0 atom stereocenters. The molecule has 10 nitrogen and oxygen atoms in total. The standard InChI is InChI=1S/C22H20N4O6S/c1-3-32-21(29)13-25-18-10-7-16(23-14(2)27)12-19(18)33-22(25)24-20(28)11-6-15-4-8-17(9-5-15)26(30)31/h4-12H,3,13H2,1-2H3,(H,23,27)/b11-6-,24-22?. The summed E-state index contributed by atoms with van der Waals surface area (Å²) in [6.45, 7) is 3.19. The third-order valence-corrected chi connectivity index (χ3v) is 5.36. The Hall–Kier alpha value is -4.12. The number of anilines is 1. The number of amides is 2. The van der Waals surface area contributed by atoms with Crippen molar-refractivity contribution in [3.63, 3.8) is 0 Å². The first-order valence-corrected chi connectivity index (χ1v) is 10.7. The summed E-state index contributed by atoms with van der Waals surface area (Å²) in [5.74, 6) is -1.26. The van der Waals surface area contributed by atoms with Gasteiger partial charge >= 0.3 is 5.97 Å². The molecule has 1 aromatic heterocycles. The number of nitrogens with one attached hydrogen (secondary N) is 1. The van der Waals surface area contributed by atoms with Crippen LogP contribution >= 0.6 is 11.3 Å². The Bertz CT molecular complexity index is 1320. The molecule has 0 bridgehead atoms. The fourth-order valence-corrected chi connectivity index (χ4v) is 4.01. The first-order chi connectivity index (χ1) is 15.8. The predicted octanol–water partition coefficient (Wildman–Crippen LogP) is 3.27. The van der Waals surface area contributed by atoms with Crippen molar-refractivity contribution in [2.75, 3.05) is 11.9 Å². The maximum Gasteiger partial charge on any atom is 0.326 e. The van der Waals surface area contributed by atoms with Crippen LogP contribution in [-0.4, -0.2) is 33.9 Å². The molecule has 1 N–H and O–H groups in total. The van der Waals surface area contributed by atoms with Gasteiger partial charge in [-0.15, -0.1) is 0 Å². The quantitative estimate of drug-likeness (QED) is 0.245. The number of carbonyl (C=O) groups is 3. The number of ether oxygens (including phenoxy) is 1. The maximum absolute atomic E-state index is 12.5. The van der Waals surface area contributed by atoms with Gasteiger partial charge in [-0.2, -0.15) is 4.99 Å². The van der Waals surface area contributed by atoms with Gasteiger partial charge in [0.15, 0.2) is 4.80 Å². The zero-order valence-corrected chi connectivity index (χ0v) is 18.6. The molecular formula is C22H20N4O6S. The molecule has 33 heavy (non-hydrogen) atoms. The van der Waals surface area contributed by atoms with Gasteiger partial charge in [0.05, 0.1) is 21.7 Å². The van der Waals surface area contributed by atoms with E-state index < -0.39 is 16.8 Å². The van der Waals surface area contributed by atoms with Crippen LogP contribution in [-0.2, 0) is 25.7 Å². The van der Waals surface area contributed by atoms with Gasteiger partial charge < -0.3 is 14.6 Å². The van der Waals surface area contributed by atoms with E-state index in [-0.39, 0.29) is 29.5 Å². The molecule has 1 heterocycles. The number of nitro benzene ring substituents is 1. The Morgan fingerprint density at radius 2 is 1.94 bits per heavy atom. The van der Waals surface area contributed by atoms with Gasteiger partial charge in [0, 0.05) is 30.8 Å². The summed E-state index contributed by atoms with van der Waals surface area (Å²) in [4.78, 5) is 50.6. The number of nitro groups is 1. The van der Waals surface area contributed by atoms with Gasteiger partial charge in [0.1, 0.15) is 6.54 Å². The van der Waals surface area contributed by atoms with Crippen molar-refractivity contribution in [2.24, 2.45) is 4.99 Å². The summed E-state index contributed by atoms with van der Waals surface area (Å²) >= 11 is 1.19. The molecule has 170 valence electrons. The number of aromatic nitrogens is 1. The molecule has 11 heteroatoms. The van der Waals surface area contributed by atoms with Gasteiger partial charge in [-0.25, -0.2) is 0 Å². The fourth-order valence-electron chi connectivity index (χ4n) is 2.93. The van der Waals surface area contributed by atoms with Crippen molar-refractivity contribution in [2.45, 2.75) is 20.4 Å². The van der Waals surface area contributed by atoms with E-state index in [0.29, 0.717) is 16.8 Å². The molecule has 3 rings (SSSR count). The summed E-state index contributed by atoms with van der Waals surface area (Å²) in [6, 6.07) is 10.9. The predicted molar refractivity (Wildman–Crippen MR) is 123 cm³/mol. The smallest absolute Gasteiger partial charge is 0.326 e. The van der Waals surface area contributed by atoms with Gasteiger partial charge in [0.2, 0.25) is 5.91 Å². The van der Waals surface area contributed by atoms with Gasteiger partial charge in [0.25, 0.3) is 11.6 Å². The van der Waals surface area contributed by atoms with Crippen molar-refractivity contribution >= 4 is 56.8 Å². The molecule has 0 saturated heterocycles. The lowest BCUT2D eigenvalue weighted by molar-refractivity contribution is -0.384. The maximum atomic E-state index is 12.5. The van der Waals surface area contributed by atoms with Gasteiger partial charge in [-0.3, -0.25) is 24.5 Å². The Balaban J connectivity index is 1.95. The highest BCUT2D eigenvalue weighted by atomic mass is 32.1. The van der Waals surface area contributed by atoms with E-state index in [9.17, 15) is 24.5 Å². The minimum atomic E-state index is -0.570. The minimum Gasteiger partial charge on any atom is -0.465 e. The number of benzene rings is 2. The van der Waals surface area contributed by atoms with Crippen LogP contribution in [0.4, 0.5) is 11.4 Å². The summed E-state index contributed by atoms with van der Waals surface area (Å²) in [6.07, 6.45) is 2.73. The Morgan fingerprint density at radius 3 is 2.58 bits per heavy atom. The molecule has 0 saturated carbocycles. The van der Waals surface area contributed by atoms with E-state index in [1.54, 1.807) is 29.7 Å². The van der Waals surface area contributed by atoms with Crippen LogP contribution in [0, 0.1) is 10.1 Å². The summed E-state index contributed by atoms with van der Waals surface area (Å²) < 4.78 is 7.33. The van der Waals surface area contributed by atoms with Crippen LogP contribution in [0.3, 0.4) is 0 Å². The molecule has 2 aromatic carbocycles. The van der Waals surface area contributed by atoms with Gasteiger partial charge in [-0.1, -0.05) is 11.3 Å². The molecule has 0 aliphatic rings. The highest BCUT2D eigenvalue weighted by Gasteiger charge is 2.13. The first-order valence-electron chi connectivity index (χ1n) is 9.84. The lowest BCUT2D eigenvalue weighted by Gasteiger charge is -2.06. The van der Waals surface area contributed by atoms with Crippen LogP contribution in [0.25, 0.3) is 16.3 Å². The topological polar surface area (TPSA) is 133 Å². The second-order valence-electron chi connectivity index (χ2n) is 6.77. The van der Waals surface area contributed by atoms with E-state index in [2.05, 4.69) is 10.3 Å². The Labute approximate surface area is 192 Å². The van der Waals surface area contributed by atoms with Crippen LogP contribution in [0.5, 0.6) is 0 Å².